The van der Waals surface area contributed by atoms with Crippen LogP contribution in [0.3, 0.4) is 0 Å². The molecule has 0 atom stereocenters. The molecule has 0 radical (unpaired) electrons. The number of nitrogens with zero attached hydrogens (tertiary/aromatic N) is 2. The van der Waals surface area contributed by atoms with Gasteiger partial charge < -0.3 is 15.0 Å². The van der Waals surface area contributed by atoms with Gasteiger partial charge in [0.15, 0.2) is 17.6 Å². The van der Waals surface area contributed by atoms with Crippen LogP contribution in [0.2, 0.25) is 0 Å². The van der Waals surface area contributed by atoms with Crippen molar-refractivity contribution in [2.75, 3.05) is 33.3 Å². The van der Waals surface area contributed by atoms with E-state index in [0.29, 0.717) is 18.9 Å². The van der Waals surface area contributed by atoms with Crippen molar-refractivity contribution in [2.45, 2.75) is 19.8 Å². The lowest BCUT2D eigenvalue weighted by Gasteiger charge is -2.32. The molecule has 2 rings (SSSR count). The lowest BCUT2D eigenvalue weighted by Crippen LogP contribution is -2.46. The Labute approximate surface area is 130 Å². The first-order valence-electron chi connectivity index (χ1n) is 7.63. The molecule has 4 nitrogen and oxygen atoms in total. The van der Waals surface area contributed by atoms with Gasteiger partial charge in [-0.2, -0.15) is 0 Å². The van der Waals surface area contributed by atoms with E-state index in [1.165, 1.54) is 18.9 Å². The maximum Gasteiger partial charge on any atom is 0.193 e. The van der Waals surface area contributed by atoms with Gasteiger partial charge in [-0.15, -0.1) is 0 Å². The minimum atomic E-state index is -0.899. The number of aliphatic imine (C=N–C) groups is 1. The standard InChI is InChI=1S/C16H23F2N3O/c1-12-5-8-21(9-6-12)16(19-2)20-7-10-22-13-3-4-14(17)15(18)11-13/h3-4,11-12H,5-10H2,1-2H3,(H,19,20). The summed E-state index contributed by atoms with van der Waals surface area (Å²) in [4.78, 5) is 6.51. The van der Waals surface area contributed by atoms with Crippen LogP contribution in [0.25, 0.3) is 0 Å². The van der Waals surface area contributed by atoms with Crippen LogP contribution in [0.5, 0.6) is 5.75 Å². The molecule has 0 aliphatic carbocycles. The summed E-state index contributed by atoms with van der Waals surface area (Å²) >= 11 is 0. The monoisotopic (exact) mass is 311 g/mol. The van der Waals surface area contributed by atoms with E-state index in [9.17, 15) is 8.78 Å². The van der Waals surface area contributed by atoms with E-state index in [1.807, 2.05) is 0 Å². The lowest BCUT2D eigenvalue weighted by molar-refractivity contribution is 0.269. The normalized spacial score (nSPS) is 16.7. The van der Waals surface area contributed by atoms with Crippen molar-refractivity contribution in [1.82, 2.24) is 10.2 Å². The van der Waals surface area contributed by atoms with Crippen LogP contribution in [-0.4, -0.2) is 44.1 Å². The summed E-state index contributed by atoms with van der Waals surface area (Å²) < 4.78 is 31.3. The molecule has 122 valence electrons. The lowest BCUT2D eigenvalue weighted by atomic mass is 10.00. The highest BCUT2D eigenvalue weighted by Gasteiger charge is 2.18. The highest BCUT2D eigenvalue weighted by Crippen LogP contribution is 2.16. The Hall–Kier alpha value is -1.85. The molecule has 0 bridgehead atoms. The van der Waals surface area contributed by atoms with Crippen molar-refractivity contribution in [1.29, 1.82) is 0 Å². The van der Waals surface area contributed by atoms with E-state index < -0.39 is 11.6 Å². The third-order valence-corrected chi connectivity index (χ3v) is 3.84. The fourth-order valence-electron chi connectivity index (χ4n) is 2.45. The predicted octanol–water partition coefficient (Wildman–Crippen LogP) is 2.65. The van der Waals surface area contributed by atoms with Gasteiger partial charge >= 0.3 is 0 Å². The van der Waals surface area contributed by atoms with E-state index in [0.717, 1.165) is 37.1 Å². The first kappa shape index (κ1) is 16.5. The molecular weight excluding hydrogens is 288 g/mol. The second-order valence-corrected chi connectivity index (χ2v) is 5.57. The number of likely N-dealkylation sites (tertiary alicyclic amines) is 1. The molecule has 0 saturated carbocycles. The van der Waals surface area contributed by atoms with Gasteiger partial charge in [-0.05, 0) is 30.9 Å². The number of hydrogen-bond donors (Lipinski definition) is 1. The molecule has 1 aliphatic rings. The first-order chi connectivity index (χ1) is 10.6. The maximum absolute atomic E-state index is 13.0. The minimum Gasteiger partial charge on any atom is -0.492 e. The summed E-state index contributed by atoms with van der Waals surface area (Å²) in [7, 11) is 1.76. The summed E-state index contributed by atoms with van der Waals surface area (Å²) in [5.74, 6) is 0.184. The van der Waals surface area contributed by atoms with Crippen molar-refractivity contribution in [3.63, 3.8) is 0 Å². The molecule has 1 heterocycles. The molecule has 1 fully saturated rings. The molecule has 1 aromatic rings. The van der Waals surface area contributed by atoms with Crippen molar-refractivity contribution >= 4 is 5.96 Å². The van der Waals surface area contributed by atoms with Gasteiger partial charge in [-0.3, -0.25) is 4.99 Å². The molecule has 0 unspecified atom stereocenters. The summed E-state index contributed by atoms with van der Waals surface area (Å²) in [5.41, 5.74) is 0. The predicted molar refractivity (Wildman–Crippen MR) is 83.2 cm³/mol. The highest BCUT2D eigenvalue weighted by molar-refractivity contribution is 5.79. The largest absolute Gasteiger partial charge is 0.492 e. The Balaban J connectivity index is 1.73. The number of ether oxygens (including phenoxy) is 1. The van der Waals surface area contributed by atoms with Gasteiger partial charge in [0.1, 0.15) is 12.4 Å². The Morgan fingerprint density at radius 3 is 2.68 bits per heavy atom. The second-order valence-electron chi connectivity index (χ2n) is 5.57. The zero-order valence-corrected chi connectivity index (χ0v) is 13.1. The number of guanidine groups is 1. The molecule has 1 saturated heterocycles. The zero-order chi connectivity index (χ0) is 15.9. The molecule has 1 aliphatic heterocycles. The number of nitrogens with one attached hydrogen (secondary N) is 1. The number of rotatable bonds is 4. The summed E-state index contributed by atoms with van der Waals surface area (Å²) in [6.07, 6.45) is 2.35. The molecule has 0 amide bonds. The fourth-order valence-corrected chi connectivity index (χ4v) is 2.45. The van der Waals surface area contributed by atoms with Crippen molar-refractivity contribution in [3.05, 3.63) is 29.8 Å². The summed E-state index contributed by atoms with van der Waals surface area (Å²) in [6.45, 7) is 5.19. The van der Waals surface area contributed by atoms with Crippen LogP contribution in [0, 0.1) is 17.6 Å². The van der Waals surface area contributed by atoms with Crippen molar-refractivity contribution in [2.24, 2.45) is 10.9 Å². The number of halogens is 2. The highest BCUT2D eigenvalue weighted by atomic mass is 19.2. The van der Waals surface area contributed by atoms with Gasteiger partial charge in [0, 0.05) is 26.2 Å². The Bertz CT molecular complexity index is 514. The van der Waals surface area contributed by atoms with Crippen molar-refractivity contribution in [3.8, 4) is 5.75 Å². The maximum atomic E-state index is 13.0. The molecule has 1 N–H and O–H groups in total. The molecule has 0 aromatic heterocycles. The average Bonchev–Trinajstić information content (AvgIpc) is 2.52. The van der Waals surface area contributed by atoms with E-state index >= 15 is 0 Å². The van der Waals surface area contributed by atoms with Gasteiger partial charge in [0.05, 0.1) is 6.54 Å². The van der Waals surface area contributed by atoms with Crippen LogP contribution in [0.4, 0.5) is 8.78 Å². The third-order valence-electron chi connectivity index (χ3n) is 3.84. The van der Waals surface area contributed by atoms with Crippen LogP contribution >= 0.6 is 0 Å². The van der Waals surface area contributed by atoms with Gasteiger partial charge in [0.25, 0.3) is 0 Å². The summed E-state index contributed by atoms with van der Waals surface area (Å²) in [5, 5.41) is 3.23. The second kappa shape index (κ2) is 7.96. The van der Waals surface area contributed by atoms with Crippen molar-refractivity contribution < 1.29 is 13.5 Å². The van der Waals surface area contributed by atoms with E-state index in [-0.39, 0.29) is 0 Å². The van der Waals surface area contributed by atoms with E-state index in [1.54, 1.807) is 7.05 Å². The Kier molecular flexibility index (Phi) is 5.98. The van der Waals surface area contributed by atoms with Crippen LogP contribution < -0.4 is 10.1 Å². The molecule has 1 aromatic carbocycles. The van der Waals surface area contributed by atoms with Gasteiger partial charge in [0.2, 0.25) is 0 Å². The van der Waals surface area contributed by atoms with E-state index in [4.69, 9.17) is 4.74 Å². The summed E-state index contributed by atoms with van der Waals surface area (Å²) in [6, 6.07) is 3.53. The topological polar surface area (TPSA) is 36.9 Å². The van der Waals surface area contributed by atoms with Gasteiger partial charge in [-0.1, -0.05) is 6.92 Å². The van der Waals surface area contributed by atoms with E-state index in [2.05, 4.69) is 22.1 Å². The van der Waals surface area contributed by atoms with Crippen LogP contribution in [0.15, 0.2) is 23.2 Å². The smallest absolute Gasteiger partial charge is 0.193 e. The average molecular weight is 311 g/mol. The third kappa shape index (κ3) is 4.58. The molecule has 0 spiro atoms. The number of piperidine rings is 1. The zero-order valence-electron chi connectivity index (χ0n) is 13.1. The Morgan fingerprint density at radius 1 is 1.32 bits per heavy atom. The van der Waals surface area contributed by atoms with Crippen LogP contribution in [0.1, 0.15) is 19.8 Å². The molecular formula is C16H23F2N3O. The quantitative estimate of drug-likeness (QED) is 0.528. The minimum absolute atomic E-state index is 0.322. The SMILES string of the molecule is CN=C(NCCOc1ccc(F)c(F)c1)N1CCC(C)CC1. The van der Waals surface area contributed by atoms with Gasteiger partial charge in [-0.25, -0.2) is 8.78 Å². The first-order valence-corrected chi connectivity index (χ1v) is 7.63. The Morgan fingerprint density at radius 2 is 2.05 bits per heavy atom. The fraction of sp³-hybridized carbons (Fsp3) is 0.562. The van der Waals surface area contributed by atoms with Crippen LogP contribution in [-0.2, 0) is 0 Å². The number of hydrogen-bond acceptors (Lipinski definition) is 2. The molecule has 22 heavy (non-hydrogen) atoms. The molecule has 6 heteroatoms. The number of benzene rings is 1.